The quantitative estimate of drug-likeness (QED) is 0.475. The number of hydrogen-bond donors (Lipinski definition) is 1. The highest BCUT2D eigenvalue weighted by molar-refractivity contribution is 5.89. The maximum absolute atomic E-state index is 15.2. The number of carboxylic acid groups (broad SMARTS) is 1. The molecular formula is C25H18F4N2O3. The number of alkyl halides is 3. The van der Waals surface area contributed by atoms with Gasteiger partial charge in [-0.1, -0.05) is 36.4 Å². The molecule has 0 saturated carbocycles. The summed E-state index contributed by atoms with van der Waals surface area (Å²) in [5.41, 5.74) is -2.79. The Morgan fingerprint density at radius 3 is 2.26 bits per heavy atom. The van der Waals surface area contributed by atoms with Crippen LogP contribution in [0.15, 0.2) is 78.6 Å². The minimum Gasteiger partial charge on any atom is -0.497 e. The summed E-state index contributed by atoms with van der Waals surface area (Å²) < 4.78 is 61.5. The van der Waals surface area contributed by atoms with E-state index in [4.69, 9.17) is 4.74 Å². The average Bonchev–Trinajstić information content (AvgIpc) is 2.84. The fraction of sp³-hybridized carbons (Fsp3) is 0.160. The van der Waals surface area contributed by atoms with Gasteiger partial charge in [0.2, 0.25) is 0 Å². The molecule has 174 valence electrons. The van der Waals surface area contributed by atoms with Crippen LogP contribution in [0.25, 0.3) is 16.8 Å². The zero-order valence-electron chi connectivity index (χ0n) is 17.8. The van der Waals surface area contributed by atoms with Crippen LogP contribution in [0, 0.1) is 0 Å². The molecule has 2 aromatic carbocycles. The SMILES string of the molecule is COc1ccc(-c2cc(C(F)(F)F)nc(C3(C(=O)O)CC(c4ccccc4)=CC=C3F)n2)cc1. The van der Waals surface area contributed by atoms with Gasteiger partial charge < -0.3 is 9.84 Å². The van der Waals surface area contributed by atoms with Crippen molar-refractivity contribution in [2.24, 2.45) is 0 Å². The number of nitrogens with zero attached hydrogens (tertiary/aromatic N) is 2. The van der Waals surface area contributed by atoms with Crippen LogP contribution in [0.2, 0.25) is 0 Å². The number of methoxy groups -OCH3 is 1. The molecule has 1 atom stereocenters. The maximum Gasteiger partial charge on any atom is 0.433 e. The molecule has 34 heavy (non-hydrogen) atoms. The number of hydrogen-bond acceptors (Lipinski definition) is 4. The van der Waals surface area contributed by atoms with Gasteiger partial charge in [-0.15, -0.1) is 0 Å². The highest BCUT2D eigenvalue weighted by Gasteiger charge is 2.51. The molecular weight excluding hydrogens is 452 g/mol. The standard InChI is InChI=1S/C25H18F4N2O3/c1-34-18-10-7-16(8-11-18)19-13-21(25(27,28)29)31-22(30-19)24(23(32)33)14-17(9-12-20(24)26)15-5-3-2-4-6-15/h2-13H,14H2,1H3,(H,32,33). The lowest BCUT2D eigenvalue weighted by atomic mass is 9.74. The van der Waals surface area contributed by atoms with Crippen molar-refractivity contribution in [2.75, 3.05) is 7.11 Å². The number of carboxylic acids is 1. The van der Waals surface area contributed by atoms with Crippen LogP contribution in [0.1, 0.15) is 23.5 Å². The molecule has 9 heteroatoms. The number of carbonyl (C=O) groups is 1. The second-order valence-corrected chi connectivity index (χ2v) is 7.65. The monoisotopic (exact) mass is 470 g/mol. The molecule has 1 aliphatic rings. The Bertz CT molecular complexity index is 1290. The minimum absolute atomic E-state index is 0.191. The molecule has 1 heterocycles. The van der Waals surface area contributed by atoms with Crippen molar-refractivity contribution in [2.45, 2.75) is 18.0 Å². The van der Waals surface area contributed by atoms with E-state index in [1.807, 2.05) is 0 Å². The lowest BCUT2D eigenvalue weighted by molar-refractivity contribution is -0.145. The predicted molar refractivity (Wildman–Crippen MR) is 117 cm³/mol. The average molecular weight is 470 g/mol. The van der Waals surface area contributed by atoms with Crippen LogP contribution >= 0.6 is 0 Å². The van der Waals surface area contributed by atoms with Gasteiger partial charge in [0.15, 0.2) is 11.2 Å². The molecule has 5 nitrogen and oxygen atoms in total. The first-order valence-electron chi connectivity index (χ1n) is 10.1. The third-order valence-electron chi connectivity index (χ3n) is 5.59. The zero-order chi connectivity index (χ0) is 24.5. The molecule has 0 radical (unpaired) electrons. The Balaban J connectivity index is 1.91. The first-order valence-corrected chi connectivity index (χ1v) is 10.1. The summed E-state index contributed by atoms with van der Waals surface area (Å²) in [6, 6.07) is 15.3. The molecule has 4 rings (SSSR count). The lowest BCUT2D eigenvalue weighted by Crippen LogP contribution is -2.40. The van der Waals surface area contributed by atoms with Gasteiger partial charge in [0.1, 0.15) is 17.3 Å². The summed E-state index contributed by atoms with van der Waals surface area (Å²) in [5, 5.41) is 10.1. The molecule has 0 saturated heterocycles. The largest absolute Gasteiger partial charge is 0.497 e. The fourth-order valence-corrected chi connectivity index (χ4v) is 3.75. The van der Waals surface area contributed by atoms with E-state index in [0.717, 1.165) is 6.08 Å². The second-order valence-electron chi connectivity index (χ2n) is 7.65. The molecule has 1 unspecified atom stereocenters. The Morgan fingerprint density at radius 2 is 1.68 bits per heavy atom. The fourth-order valence-electron chi connectivity index (χ4n) is 3.75. The molecule has 0 spiro atoms. The van der Waals surface area contributed by atoms with Gasteiger partial charge in [-0.2, -0.15) is 13.2 Å². The third kappa shape index (κ3) is 4.16. The molecule has 3 aromatic rings. The van der Waals surface area contributed by atoms with Crippen LogP contribution in [0.4, 0.5) is 17.6 Å². The maximum atomic E-state index is 15.2. The third-order valence-corrected chi connectivity index (χ3v) is 5.59. The first-order chi connectivity index (χ1) is 16.1. The molecule has 0 fully saturated rings. The zero-order valence-corrected chi connectivity index (χ0v) is 17.8. The molecule has 0 amide bonds. The summed E-state index contributed by atoms with van der Waals surface area (Å²) in [4.78, 5) is 20.1. The number of aromatic nitrogens is 2. The van der Waals surface area contributed by atoms with Crippen molar-refractivity contribution in [1.29, 1.82) is 0 Å². The van der Waals surface area contributed by atoms with Crippen LogP contribution in [-0.4, -0.2) is 28.2 Å². The minimum atomic E-state index is -4.91. The highest BCUT2D eigenvalue weighted by atomic mass is 19.4. The van der Waals surface area contributed by atoms with E-state index in [-0.39, 0.29) is 11.3 Å². The molecule has 1 N–H and O–H groups in total. The van der Waals surface area contributed by atoms with Crippen molar-refractivity contribution in [1.82, 2.24) is 9.97 Å². The van der Waals surface area contributed by atoms with Gasteiger partial charge in [0.25, 0.3) is 0 Å². The van der Waals surface area contributed by atoms with Gasteiger partial charge in [-0.3, -0.25) is 4.79 Å². The van der Waals surface area contributed by atoms with Gasteiger partial charge in [0.05, 0.1) is 12.8 Å². The summed E-state index contributed by atoms with van der Waals surface area (Å²) in [5.74, 6) is -3.16. The van der Waals surface area contributed by atoms with Crippen molar-refractivity contribution in [3.63, 3.8) is 0 Å². The second kappa shape index (κ2) is 8.74. The Hall–Kier alpha value is -4.01. The van der Waals surface area contributed by atoms with Gasteiger partial charge in [-0.25, -0.2) is 14.4 Å². The van der Waals surface area contributed by atoms with Crippen LogP contribution in [-0.2, 0) is 16.4 Å². The van der Waals surface area contributed by atoms with Crippen molar-refractivity contribution in [3.8, 4) is 17.0 Å². The van der Waals surface area contributed by atoms with Gasteiger partial charge in [0, 0.05) is 12.0 Å². The number of allylic oxidation sites excluding steroid dienone is 3. The molecule has 0 bridgehead atoms. The van der Waals surface area contributed by atoms with E-state index in [9.17, 15) is 23.1 Å². The predicted octanol–water partition coefficient (Wildman–Crippen LogP) is 5.83. The lowest BCUT2D eigenvalue weighted by Gasteiger charge is -2.30. The summed E-state index contributed by atoms with van der Waals surface area (Å²) in [6.45, 7) is 0. The number of ether oxygens (including phenoxy) is 1. The summed E-state index contributed by atoms with van der Waals surface area (Å²) >= 11 is 0. The van der Waals surface area contributed by atoms with Gasteiger partial charge >= 0.3 is 12.1 Å². The Labute approximate surface area is 192 Å². The van der Waals surface area contributed by atoms with Gasteiger partial charge in [-0.05, 0) is 47.5 Å². The number of halogens is 4. The van der Waals surface area contributed by atoms with Crippen LogP contribution in [0.3, 0.4) is 0 Å². The van der Waals surface area contributed by atoms with E-state index in [1.165, 1.54) is 37.5 Å². The van der Waals surface area contributed by atoms with E-state index < -0.39 is 41.3 Å². The molecule has 1 aliphatic carbocycles. The van der Waals surface area contributed by atoms with E-state index in [1.54, 1.807) is 30.3 Å². The van der Waals surface area contributed by atoms with E-state index >= 15 is 4.39 Å². The number of rotatable bonds is 5. The Morgan fingerprint density at radius 1 is 1.00 bits per heavy atom. The first kappa shape index (κ1) is 23.2. The smallest absolute Gasteiger partial charge is 0.433 e. The Kier molecular flexibility index (Phi) is 5.95. The summed E-state index contributed by atoms with van der Waals surface area (Å²) in [7, 11) is 1.44. The van der Waals surface area contributed by atoms with Crippen LogP contribution < -0.4 is 4.74 Å². The molecule has 0 aliphatic heterocycles. The summed E-state index contributed by atoms with van der Waals surface area (Å²) in [6.07, 6.45) is -3.02. The molecule has 1 aromatic heterocycles. The normalized spacial score (nSPS) is 18.1. The van der Waals surface area contributed by atoms with Crippen LogP contribution in [0.5, 0.6) is 5.75 Å². The van der Waals surface area contributed by atoms with E-state index in [2.05, 4.69) is 9.97 Å². The van der Waals surface area contributed by atoms with E-state index in [0.29, 0.717) is 23.0 Å². The van der Waals surface area contributed by atoms with Crippen molar-refractivity contribution >= 4 is 11.5 Å². The number of benzene rings is 2. The number of aliphatic carboxylic acids is 1. The van der Waals surface area contributed by atoms with Crippen molar-refractivity contribution in [3.05, 3.63) is 95.7 Å². The van der Waals surface area contributed by atoms with Crippen molar-refractivity contribution < 1.29 is 32.2 Å². The highest BCUT2D eigenvalue weighted by Crippen LogP contribution is 2.45. The topological polar surface area (TPSA) is 72.3 Å².